The van der Waals surface area contributed by atoms with Crippen molar-refractivity contribution in [1.29, 1.82) is 0 Å². The van der Waals surface area contributed by atoms with Gasteiger partial charge in [0.15, 0.2) is 0 Å². The lowest BCUT2D eigenvalue weighted by molar-refractivity contribution is 0.410. The van der Waals surface area contributed by atoms with Crippen LogP contribution >= 0.6 is 23.4 Å². The van der Waals surface area contributed by atoms with Crippen LogP contribution in [0.3, 0.4) is 0 Å². The first-order valence-corrected chi connectivity index (χ1v) is 9.33. The zero-order valence-electron chi connectivity index (χ0n) is 12.1. The van der Waals surface area contributed by atoms with E-state index in [1.54, 1.807) is 0 Å². The van der Waals surface area contributed by atoms with Crippen LogP contribution in [0, 0.1) is 5.92 Å². The van der Waals surface area contributed by atoms with Crippen LogP contribution in [0.2, 0.25) is 5.02 Å². The molecule has 1 N–H and O–H groups in total. The van der Waals surface area contributed by atoms with E-state index in [2.05, 4.69) is 36.1 Å². The summed E-state index contributed by atoms with van der Waals surface area (Å²) in [5, 5.41) is 5.63. The molecule has 2 fully saturated rings. The van der Waals surface area contributed by atoms with E-state index in [4.69, 9.17) is 11.6 Å². The first kappa shape index (κ1) is 14.7. The number of benzene rings is 1. The Labute approximate surface area is 131 Å². The minimum atomic E-state index is 0.537. The summed E-state index contributed by atoms with van der Waals surface area (Å²) < 4.78 is 0. The molecule has 2 saturated carbocycles. The highest BCUT2D eigenvalue weighted by Gasteiger charge is 2.36. The molecule has 3 rings (SSSR count). The fourth-order valence-electron chi connectivity index (χ4n) is 3.37. The molecule has 0 heterocycles. The number of hydrogen-bond acceptors (Lipinski definition) is 2. The van der Waals surface area contributed by atoms with E-state index >= 15 is 0 Å². The van der Waals surface area contributed by atoms with Crippen LogP contribution in [0.5, 0.6) is 0 Å². The largest absolute Gasteiger partial charge is 0.306 e. The molecule has 2 aliphatic carbocycles. The Hall–Kier alpha value is -0.180. The third-order valence-corrected chi connectivity index (χ3v) is 6.13. The Bertz CT molecular complexity index is 429. The molecular weight excluding hydrogens is 286 g/mol. The summed E-state index contributed by atoms with van der Waals surface area (Å²) in [6, 6.07) is 9.70. The monoisotopic (exact) mass is 309 g/mol. The van der Waals surface area contributed by atoms with Crippen LogP contribution in [-0.4, -0.2) is 17.0 Å². The van der Waals surface area contributed by atoms with Gasteiger partial charge in [-0.25, -0.2) is 0 Å². The van der Waals surface area contributed by atoms with Gasteiger partial charge in [0.2, 0.25) is 0 Å². The third kappa shape index (κ3) is 3.52. The van der Waals surface area contributed by atoms with Gasteiger partial charge in [-0.1, -0.05) is 37.1 Å². The summed E-state index contributed by atoms with van der Waals surface area (Å²) in [5.41, 5.74) is 1.42. The molecule has 1 aromatic carbocycles. The fourth-order valence-corrected chi connectivity index (χ4v) is 4.70. The zero-order chi connectivity index (χ0) is 13.9. The number of hydrogen-bond donors (Lipinski definition) is 1. The summed E-state index contributed by atoms with van der Waals surface area (Å²) in [6.45, 7) is 2.28. The van der Waals surface area contributed by atoms with Crippen LogP contribution in [-0.2, 0) is 0 Å². The van der Waals surface area contributed by atoms with Gasteiger partial charge >= 0.3 is 0 Å². The van der Waals surface area contributed by atoms with Crippen molar-refractivity contribution in [3.63, 3.8) is 0 Å². The van der Waals surface area contributed by atoms with Crippen LogP contribution in [0.1, 0.15) is 50.6 Å². The van der Waals surface area contributed by atoms with Gasteiger partial charge in [-0.15, -0.1) is 0 Å². The van der Waals surface area contributed by atoms with Gasteiger partial charge in [0.05, 0.1) is 0 Å². The van der Waals surface area contributed by atoms with Crippen LogP contribution < -0.4 is 5.32 Å². The maximum Gasteiger partial charge on any atom is 0.0406 e. The second-order valence-corrected chi connectivity index (χ2v) is 8.02. The SMILES string of the molecule is CCSC1CCCC1NC(c1ccc(Cl)cc1)C1CC1. The molecule has 1 aromatic rings. The summed E-state index contributed by atoms with van der Waals surface area (Å²) in [7, 11) is 0. The minimum absolute atomic E-state index is 0.537. The number of nitrogens with one attached hydrogen (secondary N) is 1. The zero-order valence-corrected chi connectivity index (χ0v) is 13.7. The molecule has 3 unspecified atom stereocenters. The number of halogens is 1. The molecule has 20 heavy (non-hydrogen) atoms. The van der Waals surface area contributed by atoms with E-state index in [1.807, 2.05) is 12.1 Å². The fraction of sp³-hybridized carbons (Fsp3) is 0.647. The van der Waals surface area contributed by atoms with Crippen molar-refractivity contribution in [1.82, 2.24) is 5.32 Å². The Balaban J connectivity index is 1.69. The lowest BCUT2D eigenvalue weighted by atomic mass is 10.0. The van der Waals surface area contributed by atoms with Gasteiger partial charge < -0.3 is 5.32 Å². The summed E-state index contributed by atoms with van der Waals surface area (Å²) in [6.07, 6.45) is 6.85. The molecule has 0 spiro atoms. The molecular formula is C17H24ClNS. The standard InChI is InChI=1S/C17H24ClNS/c1-2-20-16-5-3-4-15(16)19-17(12-6-7-12)13-8-10-14(18)11-9-13/h8-12,15-17,19H,2-7H2,1H3. The summed E-state index contributed by atoms with van der Waals surface area (Å²) >= 11 is 8.16. The van der Waals surface area contributed by atoms with Gasteiger partial charge in [-0.05, 0) is 55.1 Å². The van der Waals surface area contributed by atoms with Crippen molar-refractivity contribution in [3.05, 3.63) is 34.9 Å². The van der Waals surface area contributed by atoms with Gasteiger partial charge in [0.25, 0.3) is 0 Å². The molecule has 3 atom stereocenters. The Morgan fingerprint density at radius 1 is 1.20 bits per heavy atom. The first-order chi connectivity index (χ1) is 9.78. The van der Waals surface area contributed by atoms with Gasteiger partial charge in [-0.3, -0.25) is 0 Å². The van der Waals surface area contributed by atoms with Gasteiger partial charge in [0, 0.05) is 22.4 Å². The Morgan fingerprint density at radius 3 is 2.60 bits per heavy atom. The molecule has 0 aliphatic heterocycles. The highest BCUT2D eigenvalue weighted by Crippen LogP contribution is 2.43. The summed E-state index contributed by atoms with van der Waals surface area (Å²) in [4.78, 5) is 0. The van der Waals surface area contributed by atoms with E-state index in [0.29, 0.717) is 12.1 Å². The van der Waals surface area contributed by atoms with E-state index in [0.717, 1.165) is 16.2 Å². The van der Waals surface area contributed by atoms with E-state index in [-0.39, 0.29) is 0 Å². The molecule has 0 aromatic heterocycles. The average Bonchev–Trinajstić information content (AvgIpc) is 3.20. The maximum atomic E-state index is 6.02. The molecule has 0 bridgehead atoms. The lowest BCUT2D eigenvalue weighted by Crippen LogP contribution is -2.38. The second kappa shape index (κ2) is 6.72. The van der Waals surface area contributed by atoms with E-state index in [1.165, 1.54) is 43.4 Å². The van der Waals surface area contributed by atoms with Crippen molar-refractivity contribution in [2.45, 2.75) is 56.4 Å². The van der Waals surface area contributed by atoms with Crippen LogP contribution in [0.25, 0.3) is 0 Å². The first-order valence-electron chi connectivity index (χ1n) is 7.91. The molecule has 2 aliphatic rings. The molecule has 1 nitrogen and oxygen atoms in total. The van der Waals surface area contributed by atoms with Crippen LogP contribution in [0.4, 0.5) is 0 Å². The molecule has 3 heteroatoms. The Kier molecular flexibility index (Phi) is 4.95. The van der Waals surface area contributed by atoms with Crippen molar-refractivity contribution in [2.24, 2.45) is 5.92 Å². The highest BCUT2D eigenvalue weighted by molar-refractivity contribution is 7.99. The van der Waals surface area contributed by atoms with Crippen molar-refractivity contribution >= 4 is 23.4 Å². The number of rotatable bonds is 6. The topological polar surface area (TPSA) is 12.0 Å². The predicted molar refractivity (Wildman–Crippen MR) is 89.6 cm³/mol. The van der Waals surface area contributed by atoms with Crippen molar-refractivity contribution in [3.8, 4) is 0 Å². The normalized spacial score (nSPS) is 27.7. The Morgan fingerprint density at radius 2 is 1.95 bits per heavy atom. The molecule has 0 saturated heterocycles. The van der Waals surface area contributed by atoms with Gasteiger partial charge in [-0.2, -0.15) is 11.8 Å². The summed E-state index contributed by atoms with van der Waals surface area (Å²) in [5.74, 6) is 2.07. The smallest absolute Gasteiger partial charge is 0.0406 e. The lowest BCUT2D eigenvalue weighted by Gasteiger charge is -2.27. The predicted octanol–water partition coefficient (Wildman–Crippen LogP) is 5.05. The van der Waals surface area contributed by atoms with Gasteiger partial charge in [0.1, 0.15) is 0 Å². The minimum Gasteiger partial charge on any atom is -0.306 e. The van der Waals surface area contributed by atoms with E-state index in [9.17, 15) is 0 Å². The average molecular weight is 310 g/mol. The van der Waals surface area contributed by atoms with Crippen LogP contribution in [0.15, 0.2) is 24.3 Å². The molecule has 0 amide bonds. The van der Waals surface area contributed by atoms with Crippen molar-refractivity contribution < 1.29 is 0 Å². The van der Waals surface area contributed by atoms with Crippen molar-refractivity contribution in [2.75, 3.05) is 5.75 Å². The second-order valence-electron chi connectivity index (χ2n) is 6.06. The molecule has 0 radical (unpaired) electrons. The quantitative estimate of drug-likeness (QED) is 0.788. The van der Waals surface area contributed by atoms with E-state index < -0.39 is 0 Å². The highest BCUT2D eigenvalue weighted by atomic mass is 35.5. The molecule has 110 valence electrons. The number of thioether (sulfide) groups is 1. The maximum absolute atomic E-state index is 6.02. The third-order valence-electron chi connectivity index (χ3n) is 4.55.